The third kappa shape index (κ3) is 1.97. The Bertz CT molecular complexity index is 467. The fourth-order valence-corrected chi connectivity index (χ4v) is 3.23. The minimum atomic E-state index is 0.671. The molecule has 0 amide bonds. The Hall–Kier alpha value is -1.31. The summed E-state index contributed by atoms with van der Waals surface area (Å²) in [6.45, 7) is 8.79. The summed E-state index contributed by atoms with van der Waals surface area (Å²) in [6.07, 6.45) is 0.930. The van der Waals surface area contributed by atoms with E-state index < -0.39 is 0 Å². The zero-order chi connectivity index (χ0) is 11.7. The normalized spacial score (nSPS) is 15.5. The van der Waals surface area contributed by atoms with Crippen LogP contribution in [0, 0.1) is 11.3 Å². The van der Waals surface area contributed by atoms with Gasteiger partial charge in [-0.05, 0) is 18.9 Å². The van der Waals surface area contributed by atoms with Crippen LogP contribution in [0.1, 0.15) is 22.9 Å². The zero-order valence-electron chi connectivity index (χ0n) is 9.42. The minimum absolute atomic E-state index is 0.671. The molecule has 2 heterocycles. The van der Waals surface area contributed by atoms with Crippen molar-refractivity contribution in [2.24, 2.45) is 0 Å². The van der Waals surface area contributed by atoms with E-state index in [0.717, 1.165) is 26.1 Å². The van der Waals surface area contributed by atoms with Crippen molar-refractivity contribution in [2.75, 3.05) is 18.8 Å². The highest BCUT2D eigenvalue weighted by molar-refractivity contribution is 7.16. The Morgan fingerprint density at radius 3 is 3.06 bits per heavy atom. The topological polar surface area (TPSA) is 53.0 Å². The lowest BCUT2D eigenvalue weighted by atomic mass is 10.0. The lowest BCUT2D eigenvalue weighted by molar-refractivity contribution is 0.279. The lowest BCUT2D eigenvalue weighted by Gasteiger charge is -2.26. The molecule has 4 heteroatoms. The van der Waals surface area contributed by atoms with Gasteiger partial charge in [0.1, 0.15) is 11.1 Å². The van der Waals surface area contributed by atoms with E-state index >= 15 is 0 Å². The van der Waals surface area contributed by atoms with E-state index in [4.69, 9.17) is 11.0 Å². The van der Waals surface area contributed by atoms with Gasteiger partial charge in [-0.1, -0.05) is 12.2 Å². The molecular weight excluding hydrogens is 218 g/mol. The predicted octanol–water partition coefficient (Wildman–Crippen LogP) is 2.14. The summed E-state index contributed by atoms with van der Waals surface area (Å²) >= 11 is 1.56. The molecule has 0 saturated carbocycles. The van der Waals surface area contributed by atoms with Crippen molar-refractivity contribution in [3.63, 3.8) is 0 Å². The quantitative estimate of drug-likeness (QED) is 0.796. The van der Waals surface area contributed by atoms with Crippen LogP contribution < -0.4 is 5.73 Å². The van der Waals surface area contributed by atoms with Crippen molar-refractivity contribution in [3.05, 3.63) is 28.2 Å². The first kappa shape index (κ1) is 11.2. The summed E-state index contributed by atoms with van der Waals surface area (Å²) in [5, 5.41) is 9.69. The number of nitriles is 1. The number of hydrogen-bond donors (Lipinski definition) is 1. The molecule has 84 valence electrons. The molecule has 1 aliphatic rings. The van der Waals surface area contributed by atoms with Gasteiger partial charge in [0.2, 0.25) is 0 Å². The number of nitrogens with two attached hydrogens (primary N) is 1. The maximum Gasteiger partial charge on any atom is 0.104 e. The van der Waals surface area contributed by atoms with Crippen LogP contribution in [-0.4, -0.2) is 18.0 Å². The minimum Gasteiger partial charge on any atom is -0.389 e. The standard InChI is InChI=1S/C12H15N3S/c1-8(2)6-15-4-3-9-10(5-13)12(14)16-11(9)7-15/h1,3-4,6-7,14H2,2H3. The molecule has 0 bridgehead atoms. The number of fused-ring (bicyclic) bond motifs is 1. The largest absolute Gasteiger partial charge is 0.389 e. The summed E-state index contributed by atoms with van der Waals surface area (Å²) in [5.74, 6) is 0. The van der Waals surface area contributed by atoms with Gasteiger partial charge in [0.05, 0.1) is 5.56 Å². The van der Waals surface area contributed by atoms with Gasteiger partial charge < -0.3 is 5.73 Å². The highest BCUT2D eigenvalue weighted by Crippen LogP contribution is 2.34. The molecule has 16 heavy (non-hydrogen) atoms. The van der Waals surface area contributed by atoms with Crippen LogP contribution in [0.3, 0.4) is 0 Å². The summed E-state index contributed by atoms with van der Waals surface area (Å²) in [6, 6.07) is 2.21. The number of hydrogen-bond acceptors (Lipinski definition) is 4. The van der Waals surface area contributed by atoms with E-state index in [2.05, 4.69) is 17.5 Å². The number of rotatable bonds is 2. The van der Waals surface area contributed by atoms with Crippen LogP contribution in [0.5, 0.6) is 0 Å². The smallest absolute Gasteiger partial charge is 0.104 e. The van der Waals surface area contributed by atoms with Crippen molar-refractivity contribution in [1.29, 1.82) is 5.26 Å². The molecule has 3 nitrogen and oxygen atoms in total. The van der Waals surface area contributed by atoms with E-state index in [1.807, 2.05) is 6.92 Å². The van der Waals surface area contributed by atoms with E-state index in [1.165, 1.54) is 16.0 Å². The van der Waals surface area contributed by atoms with Crippen molar-refractivity contribution in [2.45, 2.75) is 19.9 Å². The molecule has 1 aliphatic heterocycles. The number of thiophene rings is 1. The first-order valence-electron chi connectivity index (χ1n) is 5.28. The van der Waals surface area contributed by atoms with Crippen LogP contribution in [0.2, 0.25) is 0 Å². The van der Waals surface area contributed by atoms with Gasteiger partial charge in [0, 0.05) is 24.5 Å². The maximum absolute atomic E-state index is 9.02. The molecule has 0 unspecified atom stereocenters. The Morgan fingerprint density at radius 1 is 1.69 bits per heavy atom. The SMILES string of the molecule is C=C(C)CN1CCc2c(sc(N)c2C#N)C1. The van der Waals surface area contributed by atoms with Crippen LogP contribution in [0.4, 0.5) is 5.00 Å². The van der Waals surface area contributed by atoms with Gasteiger partial charge in [-0.2, -0.15) is 5.26 Å². The van der Waals surface area contributed by atoms with Gasteiger partial charge in [0.15, 0.2) is 0 Å². The molecule has 0 spiro atoms. The molecule has 1 aromatic heterocycles. The molecule has 0 atom stereocenters. The Balaban J connectivity index is 2.23. The first-order chi connectivity index (χ1) is 7.61. The Labute approximate surface area is 99.8 Å². The fourth-order valence-electron chi connectivity index (χ4n) is 2.12. The molecule has 2 rings (SSSR count). The first-order valence-corrected chi connectivity index (χ1v) is 6.10. The Morgan fingerprint density at radius 2 is 2.44 bits per heavy atom. The lowest BCUT2D eigenvalue weighted by Crippen LogP contribution is -2.31. The third-order valence-electron chi connectivity index (χ3n) is 2.77. The predicted molar refractivity (Wildman–Crippen MR) is 67.2 cm³/mol. The second-order valence-electron chi connectivity index (χ2n) is 4.27. The molecule has 0 radical (unpaired) electrons. The monoisotopic (exact) mass is 233 g/mol. The second kappa shape index (κ2) is 4.28. The molecule has 0 fully saturated rings. The van der Waals surface area contributed by atoms with Crippen LogP contribution in [0.15, 0.2) is 12.2 Å². The number of nitrogens with zero attached hydrogens (tertiary/aromatic N) is 2. The summed E-state index contributed by atoms with van der Waals surface area (Å²) < 4.78 is 0. The van der Waals surface area contributed by atoms with Crippen molar-refractivity contribution < 1.29 is 0 Å². The molecular formula is C12H15N3S. The Kier molecular flexibility index (Phi) is 2.99. The molecule has 2 N–H and O–H groups in total. The van der Waals surface area contributed by atoms with E-state index in [-0.39, 0.29) is 0 Å². The average Bonchev–Trinajstić information content (AvgIpc) is 2.51. The maximum atomic E-state index is 9.02. The zero-order valence-corrected chi connectivity index (χ0v) is 10.2. The van der Waals surface area contributed by atoms with Gasteiger partial charge >= 0.3 is 0 Å². The number of anilines is 1. The van der Waals surface area contributed by atoms with Gasteiger partial charge in [-0.25, -0.2) is 0 Å². The van der Waals surface area contributed by atoms with E-state index in [0.29, 0.717) is 10.6 Å². The summed E-state index contributed by atoms with van der Waals surface area (Å²) in [4.78, 5) is 3.60. The van der Waals surface area contributed by atoms with Crippen LogP contribution >= 0.6 is 11.3 Å². The van der Waals surface area contributed by atoms with Gasteiger partial charge in [-0.3, -0.25) is 4.90 Å². The second-order valence-corrected chi connectivity index (χ2v) is 5.41. The van der Waals surface area contributed by atoms with Crippen LogP contribution in [-0.2, 0) is 13.0 Å². The molecule has 0 aromatic carbocycles. The highest BCUT2D eigenvalue weighted by Gasteiger charge is 2.23. The fraction of sp³-hybridized carbons (Fsp3) is 0.417. The van der Waals surface area contributed by atoms with E-state index in [1.54, 1.807) is 11.3 Å². The van der Waals surface area contributed by atoms with Crippen molar-refractivity contribution in [3.8, 4) is 6.07 Å². The van der Waals surface area contributed by atoms with Crippen molar-refractivity contribution in [1.82, 2.24) is 4.90 Å². The third-order valence-corrected chi connectivity index (χ3v) is 3.81. The average molecular weight is 233 g/mol. The van der Waals surface area contributed by atoms with E-state index in [9.17, 15) is 0 Å². The molecule has 0 aliphatic carbocycles. The molecule has 0 saturated heterocycles. The van der Waals surface area contributed by atoms with Crippen LogP contribution in [0.25, 0.3) is 0 Å². The molecule has 1 aromatic rings. The summed E-state index contributed by atoms with van der Waals surface area (Å²) in [5.41, 5.74) is 8.89. The van der Waals surface area contributed by atoms with Gasteiger partial charge in [0.25, 0.3) is 0 Å². The summed E-state index contributed by atoms with van der Waals surface area (Å²) in [7, 11) is 0. The number of nitrogen functional groups attached to an aromatic ring is 1. The van der Waals surface area contributed by atoms with Crippen molar-refractivity contribution >= 4 is 16.3 Å². The highest BCUT2D eigenvalue weighted by atomic mass is 32.1. The van der Waals surface area contributed by atoms with Gasteiger partial charge in [-0.15, -0.1) is 11.3 Å².